The molecule has 7 nitrogen and oxygen atoms in total. The first-order valence-electron chi connectivity index (χ1n) is 7.03. The molecule has 2 rings (SSSR count). The predicted octanol–water partition coefficient (Wildman–Crippen LogP) is 1.03. The molecule has 8 heteroatoms. The number of carbonyl (C=O) groups is 1. The van der Waals surface area contributed by atoms with Gasteiger partial charge in [-0.15, -0.1) is 0 Å². The van der Waals surface area contributed by atoms with Gasteiger partial charge in [0.05, 0.1) is 22.4 Å². The quantitative estimate of drug-likeness (QED) is 0.761. The number of rotatable bonds is 4. The molecule has 1 aliphatic heterocycles. The van der Waals surface area contributed by atoms with Crippen LogP contribution >= 0.6 is 0 Å². The summed E-state index contributed by atoms with van der Waals surface area (Å²) in [5, 5.41) is 17.1. The molecule has 1 aliphatic rings. The van der Waals surface area contributed by atoms with Crippen LogP contribution in [0.4, 0.5) is 0 Å². The van der Waals surface area contributed by atoms with Crippen molar-refractivity contribution in [3.8, 4) is 12.1 Å². The first-order chi connectivity index (χ1) is 11.0. The highest BCUT2D eigenvalue weighted by Crippen LogP contribution is 2.24. The van der Waals surface area contributed by atoms with Crippen molar-refractivity contribution in [2.75, 3.05) is 19.7 Å². The minimum atomic E-state index is -3.63. The molecule has 0 aromatic heterocycles. The van der Waals surface area contributed by atoms with Gasteiger partial charge >= 0.3 is 5.97 Å². The van der Waals surface area contributed by atoms with Gasteiger partial charge in [-0.3, -0.25) is 4.79 Å². The fourth-order valence-corrected chi connectivity index (χ4v) is 3.87. The van der Waals surface area contributed by atoms with Gasteiger partial charge < -0.3 is 4.74 Å². The minimum absolute atomic E-state index is 0.127. The molecule has 0 N–H and O–H groups in total. The minimum Gasteiger partial charge on any atom is -0.450 e. The third kappa shape index (κ3) is 3.86. The van der Waals surface area contributed by atoms with Gasteiger partial charge in [0.2, 0.25) is 10.0 Å². The molecule has 1 fully saturated rings. The fraction of sp³-hybridized carbons (Fsp3) is 0.400. The van der Waals surface area contributed by atoms with Crippen molar-refractivity contribution in [3.63, 3.8) is 0 Å². The molecule has 23 heavy (non-hydrogen) atoms. The fourth-order valence-electron chi connectivity index (χ4n) is 2.40. The maximum Gasteiger partial charge on any atom is 0.310 e. The Labute approximate surface area is 134 Å². The van der Waals surface area contributed by atoms with Crippen LogP contribution in [0.1, 0.15) is 18.4 Å². The third-order valence-electron chi connectivity index (χ3n) is 3.69. The van der Waals surface area contributed by atoms with Crippen molar-refractivity contribution in [2.45, 2.75) is 17.7 Å². The summed E-state index contributed by atoms with van der Waals surface area (Å²) >= 11 is 0. The third-order valence-corrected chi connectivity index (χ3v) is 5.60. The molecule has 0 unspecified atom stereocenters. The zero-order valence-electron chi connectivity index (χ0n) is 12.3. The lowest BCUT2D eigenvalue weighted by Gasteiger charge is -2.29. The van der Waals surface area contributed by atoms with E-state index in [0.29, 0.717) is 18.4 Å². The summed E-state index contributed by atoms with van der Waals surface area (Å²) in [6.45, 7) is 0.145. The van der Waals surface area contributed by atoms with Crippen molar-refractivity contribution < 1.29 is 17.9 Å². The summed E-state index contributed by atoms with van der Waals surface area (Å²) in [4.78, 5) is 11.8. The Kier molecular flexibility index (Phi) is 5.32. The molecule has 0 spiro atoms. The van der Waals surface area contributed by atoms with Gasteiger partial charge in [-0.25, -0.2) is 8.42 Å². The molecule has 0 bridgehead atoms. The van der Waals surface area contributed by atoms with E-state index in [2.05, 4.69) is 0 Å². The van der Waals surface area contributed by atoms with Crippen LogP contribution in [0.25, 0.3) is 0 Å². The van der Waals surface area contributed by atoms with Gasteiger partial charge in [0.25, 0.3) is 0 Å². The molecular formula is C15H15N3O4S. The summed E-state index contributed by atoms with van der Waals surface area (Å²) in [5.74, 6) is -0.835. The summed E-state index contributed by atoms with van der Waals surface area (Å²) in [6.07, 6.45) is 0.722. The van der Waals surface area contributed by atoms with Crippen molar-refractivity contribution in [2.24, 2.45) is 5.92 Å². The lowest BCUT2D eigenvalue weighted by molar-refractivity contribution is -0.148. The second kappa shape index (κ2) is 7.23. The van der Waals surface area contributed by atoms with E-state index in [4.69, 9.17) is 15.3 Å². The summed E-state index contributed by atoms with van der Waals surface area (Å²) in [5.41, 5.74) is 0.392. The van der Waals surface area contributed by atoms with Crippen LogP contribution in [-0.4, -0.2) is 38.4 Å². The Hall–Kier alpha value is -2.42. The van der Waals surface area contributed by atoms with E-state index < -0.39 is 16.0 Å². The molecule has 1 aromatic carbocycles. The normalized spacial score (nSPS) is 16.3. The van der Waals surface area contributed by atoms with E-state index >= 15 is 0 Å². The first-order valence-corrected chi connectivity index (χ1v) is 8.47. The second-order valence-corrected chi connectivity index (χ2v) is 7.02. The number of ether oxygens (including phenoxy) is 1. The van der Waals surface area contributed by atoms with Gasteiger partial charge in [0.1, 0.15) is 6.07 Å². The summed E-state index contributed by atoms with van der Waals surface area (Å²) in [7, 11) is -3.63. The van der Waals surface area contributed by atoms with Crippen LogP contribution in [-0.2, 0) is 19.6 Å². The summed E-state index contributed by atoms with van der Waals surface area (Å²) < 4.78 is 31.1. The van der Waals surface area contributed by atoms with Crippen LogP contribution in [0, 0.1) is 28.6 Å². The highest BCUT2D eigenvalue weighted by atomic mass is 32.2. The lowest BCUT2D eigenvalue weighted by atomic mass is 9.98. The van der Waals surface area contributed by atoms with Gasteiger partial charge in [-0.05, 0) is 37.1 Å². The van der Waals surface area contributed by atoms with Gasteiger partial charge in [0.15, 0.2) is 6.61 Å². The number of esters is 1. The Balaban J connectivity index is 2.02. The molecule has 1 saturated heterocycles. The maximum atomic E-state index is 12.5. The van der Waals surface area contributed by atoms with Crippen LogP contribution in [0.3, 0.4) is 0 Å². The first kappa shape index (κ1) is 16.9. The zero-order valence-corrected chi connectivity index (χ0v) is 13.1. The molecule has 1 heterocycles. The van der Waals surface area contributed by atoms with Crippen molar-refractivity contribution >= 4 is 16.0 Å². The van der Waals surface area contributed by atoms with Gasteiger partial charge in [-0.2, -0.15) is 14.8 Å². The average Bonchev–Trinajstić information content (AvgIpc) is 2.59. The highest BCUT2D eigenvalue weighted by Gasteiger charge is 2.32. The van der Waals surface area contributed by atoms with Crippen LogP contribution in [0.15, 0.2) is 29.2 Å². The van der Waals surface area contributed by atoms with E-state index in [1.807, 2.05) is 6.07 Å². The lowest BCUT2D eigenvalue weighted by Crippen LogP contribution is -2.40. The monoisotopic (exact) mass is 333 g/mol. The smallest absolute Gasteiger partial charge is 0.310 e. The Morgan fingerprint density at radius 1 is 1.22 bits per heavy atom. The highest BCUT2D eigenvalue weighted by molar-refractivity contribution is 7.89. The summed E-state index contributed by atoms with van der Waals surface area (Å²) in [6, 6.07) is 9.39. The molecule has 0 radical (unpaired) electrons. The van der Waals surface area contributed by atoms with Crippen molar-refractivity contribution in [3.05, 3.63) is 29.8 Å². The molecular weight excluding hydrogens is 318 g/mol. The van der Waals surface area contributed by atoms with Crippen molar-refractivity contribution in [1.82, 2.24) is 4.31 Å². The molecule has 1 aromatic rings. The molecule has 0 amide bonds. The van der Waals surface area contributed by atoms with E-state index in [1.54, 1.807) is 6.07 Å². The number of sulfonamides is 1. The van der Waals surface area contributed by atoms with Crippen molar-refractivity contribution in [1.29, 1.82) is 10.5 Å². The van der Waals surface area contributed by atoms with Crippen LogP contribution in [0.5, 0.6) is 0 Å². The second-order valence-electron chi connectivity index (χ2n) is 5.08. The van der Waals surface area contributed by atoms with E-state index in [1.165, 1.54) is 28.6 Å². The molecule has 0 saturated carbocycles. The largest absolute Gasteiger partial charge is 0.450 e. The van der Waals surface area contributed by atoms with Gasteiger partial charge in [0, 0.05) is 13.1 Å². The molecule has 0 aliphatic carbocycles. The zero-order chi connectivity index (χ0) is 16.9. The number of nitrogens with zero attached hydrogens (tertiary/aromatic N) is 3. The number of nitriles is 2. The standard InChI is InChI=1S/C15H15N3O4S/c16-7-10-22-15(19)13-5-8-18(9-6-13)23(20,21)14-3-1-12(11-17)2-4-14/h1-4,13H,5-6,8-10H2. The Morgan fingerprint density at radius 2 is 1.83 bits per heavy atom. The topological polar surface area (TPSA) is 111 Å². The van der Waals surface area contributed by atoms with E-state index in [0.717, 1.165) is 0 Å². The SMILES string of the molecule is N#CCOC(=O)C1CCN(S(=O)(=O)c2ccc(C#N)cc2)CC1. The maximum absolute atomic E-state index is 12.5. The van der Waals surface area contributed by atoms with Gasteiger partial charge in [-0.1, -0.05) is 0 Å². The number of benzene rings is 1. The van der Waals surface area contributed by atoms with Crippen LogP contribution in [0.2, 0.25) is 0 Å². The number of hydrogen-bond donors (Lipinski definition) is 0. The Morgan fingerprint density at radius 3 is 2.35 bits per heavy atom. The van der Waals surface area contributed by atoms with E-state index in [-0.39, 0.29) is 30.5 Å². The van der Waals surface area contributed by atoms with E-state index in [9.17, 15) is 13.2 Å². The number of carbonyl (C=O) groups excluding carboxylic acids is 1. The average molecular weight is 333 g/mol. The predicted molar refractivity (Wildman–Crippen MR) is 79.2 cm³/mol. The Bertz CT molecular complexity index is 751. The number of hydrogen-bond acceptors (Lipinski definition) is 6. The van der Waals surface area contributed by atoms with Crippen LogP contribution < -0.4 is 0 Å². The molecule has 120 valence electrons. The molecule has 0 atom stereocenters. The number of piperidine rings is 1.